The molecule has 0 radical (unpaired) electrons. The number of fused-ring (bicyclic) bond motifs is 1. The summed E-state index contributed by atoms with van der Waals surface area (Å²) < 4.78 is 15.1. The first kappa shape index (κ1) is 19.0. The zero-order valence-electron chi connectivity index (χ0n) is 15.7. The molecular formula is C18H20FN7O3. The lowest BCUT2D eigenvalue weighted by Gasteiger charge is -2.25. The second kappa shape index (κ2) is 7.59. The van der Waals surface area contributed by atoms with E-state index < -0.39 is 17.8 Å². The molecule has 3 aromatic rings. The average molecular weight is 401 g/mol. The number of carbonyl (C=O) groups is 1. The van der Waals surface area contributed by atoms with Crippen molar-refractivity contribution in [3.05, 3.63) is 41.7 Å². The van der Waals surface area contributed by atoms with Gasteiger partial charge in [0.25, 0.3) is 5.91 Å². The number of amides is 1. The number of aliphatic hydroxyl groups excluding tert-OH is 1. The van der Waals surface area contributed by atoms with Gasteiger partial charge in [-0.25, -0.2) is 18.9 Å². The van der Waals surface area contributed by atoms with Gasteiger partial charge in [-0.05, 0) is 25.8 Å². The summed E-state index contributed by atoms with van der Waals surface area (Å²) in [5.74, 6) is -0.829. The number of nitrogens with zero attached hydrogens (tertiary/aromatic N) is 6. The molecule has 0 spiro atoms. The van der Waals surface area contributed by atoms with Crippen LogP contribution >= 0.6 is 0 Å². The normalized spacial score (nSPS) is 17.6. The van der Waals surface area contributed by atoms with E-state index in [1.807, 2.05) is 4.90 Å². The van der Waals surface area contributed by atoms with E-state index in [1.165, 1.54) is 23.1 Å². The Bertz CT molecular complexity index is 1060. The van der Waals surface area contributed by atoms with E-state index in [9.17, 15) is 19.4 Å². The van der Waals surface area contributed by atoms with Gasteiger partial charge in [-0.3, -0.25) is 4.79 Å². The topological polar surface area (TPSA) is 129 Å². The first-order valence-corrected chi connectivity index (χ1v) is 9.21. The summed E-state index contributed by atoms with van der Waals surface area (Å²) in [7, 11) is 0. The maximum Gasteiger partial charge on any atom is 0.256 e. The van der Waals surface area contributed by atoms with E-state index >= 15 is 0 Å². The van der Waals surface area contributed by atoms with Gasteiger partial charge in [0, 0.05) is 18.7 Å². The minimum atomic E-state index is -0.677. The first-order valence-electron chi connectivity index (χ1n) is 9.21. The van der Waals surface area contributed by atoms with Gasteiger partial charge < -0.3 is 20.4 Å². The van der Waals surface area contributed by atoms with Crippen LogP contribution in [0.25, 0.3) is 5.65 Å². The van der Waals surface area contributed by atoms with Crippen LogP contribution in [0.2, 0.25) is 0 Å². The maximum atomic E-state index is 13.7. The number of carbonyl (C=O) groups excluding carboxylic acids is 1. The van der Waals surface area contributed by atoms with Gasteiger partial charge in [-0.1, -0.05) is 0 Å². The van der Waals surface area contributed by atoms with Crippen LogP contribution in [0.4, 0.5) is 10.3 Å². The van der Waals surface area contributed by atoms with Gasteiger partial charge in [-0.15, -0.1) is 0 Å². The summed E-state index contributed by atoms with van der Waals surface area (Å²) in [5, 5.41) is 26.1. The van der Waals surface area contributed by atoms with E-state index in [2.05, 4.69) is 25.4 Å². The van der Waals surface area contributed by atoms with E-state index in [0.29, 0.717) is 30.1 Å². The lowest BCUT2D eigenvalue weighted by atomic mass is 10.1. The molecular weight excluding hydrogens is 381 g/mol. The number of halogens is 1. The Balaban J connectivity index is 1.67. The SMILES string of the molecule is C[C@@H](O)CNC(=O)c1cnn2cnc(N3CCC[C@@H]3c3cc(F)cnc3O)nc12. The molecule has 3 N–H and O–H groups in total. The predicted molar refractivity (Wildman–Crippen MR) is 100.0 cm³/mol. The molecule has 152 valence electrons. The number of aromatic hydroxyl groups is 1. The number of aliphatic hydroxyl groups is 1. The average Bonchev–Trinajstić information content (AvgIpc) is 3.34. The largest absolute Gasteiger partial charge is 0.493 e. The fraction of sp³-hybridized carbons (Fsp3) is 0.389. The molecule has 0 bridgehead atoms. The fourth-order valence-corrected chi connectivity index (χ4v) is 3.44. The zero-order chi connectivity index (χ0) is 20.5. The Kier molecular flexibility index (Phi) is 4.97. The lowest BCUT2D eigenvalue weighted by Crippen LogP contribution is -2.30. The van der Waals surface area contributed by atoms with Crippen molar-refractivity contribution in [2.45, 2.75) is 31.9 Å². The molecule has 1 fully saturated rings. The molecule has 1 aliphatic rings. The van der Waals surface area contributed by atoms with Gasteiger partial charge in [0.1, 0.15) is 17.7 Å². The fourth-order valence-electron chi connectivity index (χ4n) is 3.44. The van der Waals surface area contributed by atoms with Crippen molar-refractivity contribution < 1.29 is 19.4 Å². The molecule has 0 saturated carbocycles. The highest BCUT2D eigenvalue weighted by atomic mass is 19.1. The molecule has 29 heavy (non-hydrogen) atoms. The van der Waals surface area contributed by atoms with Crippen LogP contribution in [0.15, 0.2) is 24.8 Å². The molecule has 3 aromatic heterocycles. The van der Waals surface area contributed by atoms with Crippen molar-refractivity contribution in [1.82, 2.24) is 29.9 Å². The van der Waals surface area contributed by atoms with Crippen LogP contribution in [0, 0.1) is 5.82 Å². The Morgan fingerprint density at radius 2 is 2.24 bits per heavy atom. The molecule has 1 aliphatic heterocycles. The number of anilines is 1. The molecule has 11 heteroatoms. The highest BCUT2D eigenvalue weighted by Gasteiger charge is 2.31. The molecule has 4 heterocycles. The van der Waals surface area contributed by atoms with E-state index in [-0.39, 0.29) is 24.0 Å². The third kappa shape index (κ3) is 3.68. The highest BCUT2D eigenvalue weighted by Crippen LogP contribution is 2.37. The number of aromatic nitrogens is 5. The summed E-state index contributed by atoms with van der Waals surface area (Å²) in [6.07, 6.45) is 4.59. The molecule has 0 unspecified atom stereocenters. The smallest absolute Gasteiger partial charge is 0.256 e. The molecule has 2 atom stereocenters. The van der Waals surface area contributed by atoms with Gasteiger partial charge in [0.2, 0.25) is 11.8 Å². The van der Waals surface area contributed by atoms with Crippen molar-refractivity contribution in [3.63, 3.8) is 0 Å². The van der Waals surface area contributed by atoms with Crippen molar-refractivity contribution in [2.24, 2.45) is 0 Å². The highest BCUT2D eigenvalue weighted by molar-refractivity contribution is 5.99. The monoisotopic (exact) mass is 401 g/mol. The van der Waals surface area contributed by atoms with E-state index in [4.69, 9.17) is 0 Å². The van der Waals surface area contributed by atoms with Crippen LogP contribution in [0.3, 0.4) is 0 Å². The first-order chi connectivity index (χ1) is 13.9. The summed E-state index contributed by atoms with van der Waals surface area (Å²) in [6, 6.07) is 0.925. The van der Waals surface area contributed by atoms with Crippen LogP contribution in [0.5, 0.6) is 5.88 Å². The lowest BCUT2D eigenvalue weighted by molar-refractivity contribution is 0.0925. The minimum Gasteiger partial charge on any atom is -0.493 e. The Morgan fingerprint density at radius 1 is 1.41 bits per heavy atom. The standard InChI is InChI=1S/C18H20FN7O3/c1-10(27)6-20-17(29)13-8-23-26-9-22-18(24-15(13)26)25-4-2-3-14(25)12-5-11(19)7-21-16(12)28/h5,7-10,14,27H,2-4,6H2,1H3,(H,20,29)(H,21,28)/t10-,14-/m1/s1. The van der Waals surface area contributed by atoms with Crippen molar-refractivity contribution >= 4 is 17.5 Å². The van der Waals surface area contributed by atoms with Crippen LogP contribution < -0.4 is 10.2 Å². The zero-order valence-corrected chi connectivity index (χ0v) is 15.7. The van der Waals surface area contributed by atoms with Gasteiger partial charge in [0.15, 0.2) is 5.65 Å². The van der Waals surface area contributed by atoms with Crippen molar-refractivity contribution in [2.75, 3.05) is 18.0 Å². The Labute approximate surface area is 165 Å². The van der Waals surface area contributed by atoms with Gasteiger partial charge >= 0.3 is 0 Å². The molecule has 1 saturated heterocycles. The van der Waals surface area contributed by atoms with Gasteiger partial charge in [0.05, 0.1) is 24.5 Å². The number of nitrogens with one attached hydrogen (secondary N) is 1. The predicted octanol–water partition coefficient (Wildman–Crippen LogP) is 0.816. The maximum absolute atomic E-state index is 13.7. The minimum absolute atomic E-state index is 0.105. The Morgan fingerprint density at radius 3 is 3.03 bits per heavy atom. The second-order valence-electron chi connectivity index (χ2n) is 6.96. The molecule has 4 rings (SSSR count). The van der Waals surface area contributed by atoms with Crippen LogP contribution in [0.1, 0.15) is 41.7 Å². The Hall–Kier alpha value is -3.34. The quantitative estimate of drug-likeness (QED) is 0.573. The van der Waals surface area contributed by atoms with Gasteiger partial charge in [-0.2, -0.15) is 10.1 Å². The summed E-state index contributed by atoms with van der Waals surface area (Å²) in [4.78, 5) is 26.7. The number of rotatable bonds is 5. The molecule has 0 aliphatic carbocycles. The van der Waals surface area contributed by atoms with Crippen molar-refractivity contribution in [3.8, 4) is 5.88 Å². The molecule has 0 aromatic carbocycles. The molecule has 1 amide bonds. The number of hydrogen-bond acceptors (Lipinski definition) is 8. The van der Waals surface area contributed by atoms with Crippen molar-refractivity contribution in [1.29, 1.82) is 0 Å². The van der Waals surface area contributed by atoms with Crippen LogP contribution in [-0.4, -0.2) is 59.9 Å². The third-order valence-electron chi connectivity index (χ3n) is 4.79. The number of pyridine rings is 1. The summed E-state index contributed by atoms with van der Waals surface area (Å²) in [6.45, 7) is 2.28. The third-order valence-corrected chi connectivity index (χ3v) is 4.79. The summed E-state index contributed by atoms with van der Waals surface area (Å²) in [5.41, 5.74) is 0.931. The van der Waals surface area contributed by atoms with E-state index in [0.717, 1.165) is 12.6 Å². The second-order valence-corrected chi connectivity index (χ2v) is 6.96. The number of hydrogen-bond donors (Lipinski definition) is 3. The van der Waals surface area contributed by atoms with E-state index in [1.54, 1.807) is 6.92 Å². The van der Waals surface area contributed by atoms with Crippen LogP contribution in [-0.2, 0) is 0 Å². The summed E-state index contributed by atoms with van der Waals surface area (Å²) >= 11 is 0. The molecule has 10 nitrogen and oxygen atoms in total.